The second kappa shape index (κ2) is 5.36. The number of nitrogens with one attached hydrogen (secondary N) is 1. The van der Waals surface area contributed by atoms with Gasteiger partial charge in [0.15, 0.2) is 5.78 Å². The maximum Gasteiger partial charge on any atom is 0.159 e. The summed E-state index contributed by atoms with van der Waals surface area (Å²) in [5, 5.41) is 2.70. The third kappa shape index (κ3) is 3.09. The van der Waals surface area contributed by atoms with Crippen LogP contribution in [-0.4, -0.2) is 5.78 Å². The molecule has 0 bridgehead atoms. The van der Waals surface area contributed by atoms with Crippen LogP contribution >= 0.6 is 11.6 Å². The molecule has 19 heavy (non-hydrogen) atoms. The molecule has 0 aliphatic heterocycles. The Hall–Kier alpha value is -1.94. The van der Waals surface area contributed by atoms with Gasteiger partial charge >= 0.3 is 0 Å². The van der Waals surface area contributed by atoms with E-state index in [-0.39, 0.29) is 16.5 Å². The Morgan fingerprint density at radius 2 is 1.79 bits per heavy atom. The standard InChI is InChI=1S/C14H10ClF2NO/c1-8(19)9-2-4-13(17)14(6-9)18-10-3-5-12(16)11(15)7-10/h2-7,18H,1H3. The normalized spacial score (nSPS) is 10.3. The zero-order valence-corrected chi connectivity index (χ0v) is 10.8. The molecular weight excluding hydrogens is 272 g/mol. The van der Waals surface area contributed by atoms with E-state index in [2.05, 4.69) is 5.32 Å². The van der Waals surface area contributed by atoms with Crippen LogP contribution < -0.4 is 5.32 Å². The van der Waals surface area contributed by atoms with Crippen molar-refractivity contribution in [2.24, 2.45) is 0 Å². The Kier molecular flexibility index (Phi) is 3.81. The van der Waals surface area contributed by atoms with E-state index < -0.39 is 11.6 Å². The van der Waals surface area contributed by atoms with Crippen LogP contribution in [-0.2, 0) is 0 Å². The molecule has 2 nitrogen and oxygen atoms in total. The molecule has 1 N–H and O–H groups in total. The summed E-state index contributed by atoms with van der Waals surface area (Å²) in [6.07, 6.45) is 0. The predicted octanol–water partition coefficient (Wildman–Crippen LogP) is 4.56. The van der Waals surface area contributed by atoms with Crippen LogP contribution in [0, 0.1) is 11.6 Å². The highest BCUT2D eigenvalue weighted by atomic mass is 35.5. The third-order valence-electron chi connectivity index (χ3n) is 2.57. The SMILES string of the molecule is CC(=O)c1ccc(F)c(Nc2ccc(F)c(Cl)c2)c1. The van der Waals surface area contributed by atoms with Crippen molar-refractivity contribution in [2.75, 3.05) is 5.32 Å². The molecule has 0 saturated heterocycles. The number of rotatable bonds is 3. The number of carbonyl (C=O) groups excluding carboxylic acids is 1. The Balaban J connectivity index is 2.34. The molecule has 2 aromatic carbocycles. The van der Waals surface area contributed by atoms with E-state index in [1.54, 1.807) is 0 Å². The Bertz CT molecular complexity index is 643. The molecule has 2 rings (SSSR count). The average Bonchev–Trinajstić information content (AvgIpc) is 2.36. The van der Waals surface area contributed by atoms with E-state index in [0.717, 1.165) is 0 Å². The lowest BCUT2D eigenvalue weighted by atomic mass is 10.1. The molecule has 0 heterocycles. The average molecular weight is 282 g/mol. The lowest BCUT2D eigenvalue weighted by molar-refractivity contribution is 0.101. The summed E-state index contributed by atoms with van der Waals surface area (Å²) in [7, 11) is 0. The number of hydrogen-bond acceptors (Lipinski definition) is 2. The lowest BCUT2D eigenvalue weighted by Crippen LogP contribution is -1.98. The van der Waals surface area contributed by atoms with E-state index in [1.165, 1.54) is 43.3 Å². The second-order valence-electron chi connectivity index (χ2n) is 4.00. The summed E-state index contributed by atoms with van der Waals surface area (Å²) in [4.78, 5) is 11.2. The van der Waals surface area contributed by atoms with Crippen molar-refractivity contribution in [3.8, 4) is 0 Å². The van der Waals surface area contributed by atoms with Crippen LogP contribution in [0.3, 0.4) is 0 Å². The van der Waals surface area contributed by atoms with E-state index in [9.17, 15) is 13.6 Å². The molecule has 0 amide bonds. The van der Waals surface area contributed by atoms with Gasteiger partial charge < -0.3 is 5.32 Å². The van der Waals surface area contributed by atoms with Crippen molar-refractivity contribution < 1.29 is 13.6 Å². The summed E-state index contributed by atoms with van der Waals surface area (Å²) in [5.41, 5.74) is 0.957. The fraction of sp³-hybridized carbons (Fsp3) is 0.0714. The topological polar surface area (TPSA) is 29.1 Å². The van der Waals surface area contributed by atoms with Crippen molar-refractivity contribution in [2.45, 2.75) is 6.92 Å². The van der Waals surface area contributed by atoms with Crippen LogP contribution in [0.4, 0.5) is 20.2 Å². The smallest absolute Gasteiger partial charge is 0.159 e. The summed E-state index contributed by atoms with van der Waals surface area (Å²) in [5.74, 6) is -1.23. The molecule has 0 spiro atoms. The highest BCUT2D eigenvalue weighted by Gasteiger charge is 2.08. The van der Waals surface area contributed by atoms with E-state index in [1.807, 2.05) is 0 Å². The number of benzene rings is 2. The Labute approximate surface area is 114 Å². The van der Waals surface area contributed by atoms with Gasteiger partial charge in [0.05, 0.1) is 10.7 Å². The molecule has 0 unspecified atom stereocenters. The first-order chi connectivity index (χ1) is 8.97. The van der Waals surface area contributed by atoms with Gasteiger partial charge in [-0.1, -0.05) is 11.6 Å². The molecule has 0 aliphatic carbocycles. The lowest BCUT2D eigenvalue weighted by Gasteiger charge is -2.09. The first kappa shape index (κ1) is 13.5. The van der Waals surface area contributed by atoms with Gasteiger partial charge in [-0.2, -0.15) is 0 Å². The quantitative estimate of drug-likeness (QED) is 0.835. The first-order valence-corrected chi connectivity index (χ1v) is 5.88. The fourth-order valence-electron chi connectivity index (χ4n) is 1.57. The minimum atomic E-state index is -0.551. The molecule has 0 aromatic heterocycles. The highest BCUT2D eigenvalue weighted by molar-refractivity contribution is 6.31. The number of anilines is 2. The zero-order chi connectivity index (χ0) is 14.0. The fourth-order valence-corrected chi connectivity index (χ4v) is 1.75. The van der Waals surface area contributed by atoms with Crippen LogP contribution in [0.2, 0.25) is 5.02 Å². The summed E-state index contributed by atoms with van der Waals surface area (Å²) < 4.78 is 26.6. The van der Waals surface area contributed by atoms with Gasteiger partial charge in [0, 0.05) is 11.3 Å². The third-order valence-corrected chi connectivity index (χ3v) is 2.86. The molecule has 0 fully saturated rings. The summed E-state index contributed by atoms with van der Waals surface area (Å²) in [6.45, 7) is 1.39. The molecule has 0 aliphatic rings. The van der Waals surface area contributed by atoms with E-state index >= 15 is 0 Å². The maximum atomic E-state index is 13.6. The van der Waals surface area contributed by atoms with E-state index in [4.69, 9.17) is 11.6 Å². The van der Waals surface area contributed by atoms with Crippen LogP contribution in [0.5, 0.6) is 0 Å². The van der Waals surface area contributed by atoms with Gasteiger partial charge in [-0.05, 0) is 43.3 Å². The highest BCUT2D eigenvalue weighted by Crippen LogP contribution is 2.25. The minimum absolute atomic E-state index is 0.0619. The molecule has 0 saturated carbocycles. The zero-order valence-electron chi connectivity index (χ0n) is 10.0. The minimum Gasteiger partial charge on any atom is -0.353 e. The second-order valence-corrected chi connectivity index (χ2v) is 4.41. The van der Waals surface area contributed by atoms with Crippen LogP contribution in [0.25, 0.3) is 0 Å². The molecule has 0 radical (unpaired) electrons. The van der Waals surface area contributed by atoms with Crippen molar-refractivity contribution >= 4 is 28.8 Å². The first-order valence-electron chi connectivity index (χ1n) is 5.50. The number of ketones is 1. The van der Waals surface area contributed by atoms with Crippen LogP contribution in [0.15, 0.2) is 36.4 Å². The summed E-state index contributed by atoms with van der Waals surface area (Å²) >= 11 is 5.64. The summed E-state index contributed by atoms with van der Waals surface area (Å²) in [6, 6.07) is 7.95. The monoisotopic (exact) mass is 281 g/mol. The van der Waals surface area contributed by atoms with Gasteiger partial charge in [0.25, 0.3) is 0 Å². The number of halogens is 3. The molecular formula is C14H10ClF2NO. The van der Waals surface area contributed by atoms with Gasteiger partial charge in [-0.3, -0.25) is 4.79 Å². The van der Waals surface area contributed by atoms with Crippen molar-refractivity contribution in [3.63, 3.8) is 0 Å². The van der Waals surface area contributed by atoms with Crippen molar-refractivity contribution in [3.05, 3.63) is 58.6 Å². The maximum absolute atomic E-state index is 13.6. The number of carbonyl (C=O) groups is 1. The van der Waals surface area contributed by atoms with Gasteiger partial charge in [0.2, 0.25) is 0 Å². The number of Topliss-reactive ketones (excluding diaryl/α,β-unsaturated/α-hetero) is 1. The molecule has 2 aromatic rings. The van der Waals surface area contributed by atoms with Gasteiger partial charge in [-0.25, -0.2) is 8.78 Å². The Morgan fingerprint density at radius 3 is 2.42 bits per heavy atom. The van der Waals surface area contributed by atoms with Crippen molar-refractivity contribution in [1.82, 2.24) is 0 Å². The molecule has 5 heteroatoms. The Morgan fingerprint density at radius 1 is 1.11 bits per heavy atom. The largest absolute Gasteiger partial charge is 0.353 e. The van der Waals surface area contributed by atoms with Gasteiger partial charge in [0.1, 0.15) is 11.6 Å². The predicted molar refractivity (Wildman–Crippen MR) is 71.1 cm³/mol. The molecule has 98 valence electrons. The van der Waals surface area contributed by atoms with Crippen molar-refractivity contribution in [1.29, 1.82) is 0 Å². The van der Waals surface area contributed by atoms with E-state index in [0.29, 0.717) is 11.3 Å². The molecule has 0 atom stereocenters. The number of hydrogen-bond donors (Lipinski definition) is 1. The van der Waals surface area contributed by atoms with Crippen LogP contribution in [0.1, 0.15) is 17.3 Å². The van der Waals surface area contributed by atoms with Gasteiger partial charge in [-0.15, -0.1) is 0 Å².